The van der Waals surface area contributed by atoms with E-state index in [0.29, 0.717) is 12.0 Å². The molecule has 1 aliphatic carbocycles. The SMILES string of the molecule is C[C@@]1(CO)C=C[C@H](c2c[nH]c(=O)[nH]c2=O)C1. The smallest absolute Gasteiger partial charge is 0.325 e. The first-order valence-electron chi connectivity index (χ1n) is 5.16. The maximum Gasteiger partial charge on any atom is 0.325 e. The van der Waals surface area contributed by atoms with Crippen LogP contribution >= 0.6 is 0 Å². The van der Waals surface area contributed by atoms with Crippen molar-refractivity contribution in [3.63, 3.8) is 0 Å². The number of aromatic amines is 2. The molecule has 0 saturated heterocycles. The maximum atomic E-state index is 11.6. The second-order valence-electron chi connectivity index (χ2n) is 4.51. The van der Waals surface area contributed by atoms with Gasteiger partial charge in [-0.05, 0) is 6.42 Å². The molecule has 0 spiro atoms. The molecule has 5 nitrogen and oxygen atoms in total. The summed E-state index contributed by atoms with van der Waals surface area (Å²) < 4.78 is 0. The molecule has 1 heterocycles. The number of H-pyrrole nitrogens is 2. The molecule has 1 aromatic heterocycles. The lowest BCUT2D eigenvalue weighted by atomic mass is 9.87. The third-order valence-corrected chi connectivity index (χ3v) is 3.03. The van der Waals surface area contributed by atoms with E-state index < -0.39 is 5.69 Å². The van der Waals surface area contributed by atoms with Gasteiger partial charge >= 0.3 is 5.69 Å². The zero-order chi connectivity index (χ0) is 11.8. The van der Waals surface area contributed by atoms with E-state index >= 15 is 0 Å². The van der Waals surface area contributed by atoms with E-state index in [0.717, 1.165) is 0 Å². The maximum absolute atomic E-state index is 11.6. The molecule has 0 radical (unpaired) electrons. The van der Waals surface area contributed by atoms with Crippen molar-refractivity contribution in [3.05, 3.63) is 44.8 Å². The minimum atomic E-state index is -0.499. The average Bonchev–Trinajstić information content (AvgIpc) is 2.62. The number of aliphatic hydroxyl groups excluding tert-OH is 1. The number of hydrogen-bond donors (Lipinski definition) is 3. The molecular weight excluding hydrogens is 208 g/mol. The first-order chi connectivity index (χ1) is 7.54. The summed E-state index contributed by atoms with van der Waals surface area (Å²) in [5.74, 6) is -0.0438. The van der Waals surface area contributed by atoms with Crippen LogP contribution in [0, 0.1) is 5.41 Å². The molecule has 0 fully saturated rings. The summed E-state index contributed by atoms with van der Waals surface area (Å²) in [6.45, 7) is 1.99. The Morgan fingerprint density at radius 3 is 2.88 bits per heavy atom. The first-order valence-corrected chi connectivity index (χ1v) is 5.16. The quantitative estimate of drug-likeness (QED) is 0.620. The number of allylic oxidation sites excluding steroid dienone is 1. The molecule has 16 heavy (non-hydrogen) atoms. The zero-order valence-electron chi connectivity index (χ0n) is 8.99. The minimum absolute atomic E-state index is 0.0438. The number of nitrogens with one attached hydrogen (secondary N) is 2. The van der Waals surface area contributed by atoms with Gasteiger partial charge < -0.3 is 10.1 Å². The van der Waals surface area contributed by atoms with E-state index in [2.05, 4.69) is 9.97 Å². The highest BCUT2D eigenvalue weighted by Crippen LogP contribution is 2.38. The second kappa shape index (κ2) is 3.75. The summed E-state index contributed by atoms with van der Waals surface area (Å²) in [4.78, 5) is 27.1. The van der Waals surface area contributed by atoms with E-state index in [-0.39, 0.29) is 23.5 Å². The Bertz CT molecular complexity index is 529. The van der Waals surface area contributed by atoms with Crippen molar-refractivity contribution in [1.82, 2.24) is 9.97 Å². The predicted octanol–water partition coefficient (Wildman–Crippen LogP) is 0.105. The first kappa shape index (κ1) is 10.9. The van der Waals surface area contributed by atoms with Gasteiger partial charge in [-0.2, -0.15) is 0 Å². The largest absolute Gasteiger partial charge is 0.395 e. The molecule has 0 aromatic carbocycles. The van der Waals surface area contributed by atoms with Crippen LogP contribution in [-0.4, -0.2) is 21.7 Å². The second-order valence-corrected chi connectivity index (χ2v) is 4.51. The van der Waals surface area contributed by atoms with Crippen molar-refractivity contribution in [2.24, 2.45) is 5.41 Å². The van der Waals surface area contributed by atoms with Crippen LogP contribution in [-0.2, 0) is 0 Å². The summed E-state index contributed by atoms with van der Waals surface area (Å²) in [5.41, 5.74) is -0.595. The molecule has 0 aliphatic heterocycles. The molecule has 0 unspecified atom stereocenters. The van der Waals surface area contributed by atoms with Crippen LogP contribution in [0.3, 0.4) is 0 Å². The summed E-state index contributed by atoms with van der Waals surface area (Å²) in [6, 6.07) is 0. The van der Waals surface area contributed by atoms with Crippen LogP contribution < -0.4 is 11.2 Å². The Morgan fingerprint density at radius 1 is 1.56 bits per heavy atom. The Morgan fingerprint density at radius 2 is 2.31 bits per heavy atom. The topological polar surface area (TPSA) is 85.9 Å². The third kappa shape index (κ3) is 1.86. The molecule has 1 aliphatic rings. The van der Waals surface area contributed by atoms with Crippen LogP contribution in [0.15, 0.2) is 27.9 Å². The molecule has 5 heteroatoms. The third-order valence-electron chi connectivity index (χ3n) is 3.03. The van der Waals surface area contributed by atoms with Crippen LogP contribution in [0.25, 0.3) is 0 Å². The van der Waals surface area contributed by atoms with E-state index in [1.54, 1.807) is 0 Å². The van der Waals surface area contributed by atoms with Crippen molar-refractivity contribution in [3.8, 4) is 0 Å². The van der Waals surface area contributed by atoms with Crippen molar-refractivity contribution < 1.29 is 5.11 Å². The van der Waals surface area contributed by atoms with Gasteiger partial charge in [-0.1, -0.05) is 19.1 Å². The Hall–Kier alpha value is -1.62. The molecule has 1 aromatic rings. The summed E-state index contributed by atoms with van der Waals surface area (Å²) in [7, 11) is 0. The van der Waals surface area contributed by atoms with E-state index in [1.165, 1.54) is 6.20 Å². The van der Waals surface area contributed by atoms with Crippen molar-refractivity contribution in [1.29, 1.82) is 0 Å². The van der Waals surface area contributed by atoms with Crippen molar-refractivity contribution in [2.45, 2.75) is 19.3 Å². The normalized spacial score (nSPS) is 28.5. The van der Waals surface area contributed by atoms with Gasteiger partial charge in [-0.25, -0.2) is 4.79 Å². The lowest BCUT2D eigenvalue weighted by Crippen LogP contribution is -2.26. The number of hydrogen-bond acceptors (Lipinski definition) is 3. The van der Waals surface area contributed by atoms with Crippen LogP contribution in [0.4, 0.5) is 0 Å². The molecule has 0 bridgehead atoms. The Labute approximate surface area is 91.8 Å². The number of aromatic nitrogens is 2. The summed E-state index contributed by atoms with van der Waals surface area (Å²) in [5, 5.41) is 9.21. The molecule has 0 saturated carbocycles. The fourth-order valence-corrected chi connectivity index (χ4v) is 2.01. The molecule has 86 valence electrons. The average molecular weight is 222 g/mol. The van der Waals surface area contributed by atoms with E-state index in [1.807, 2.05) is 19.1 Å². The highest BCUT2D eigenvalue weighted by atomic mass is 16.3. The highest BCUT2D eigenvalue weighted by molar-refractivity contribution is 5.24. The zero-order valence-corrected chi connectivity index (χ0v) is 8.99. The minimum Gasteiger partial charge on any atom is -0.395 e. The Balaban J connectivity index is 2.32. The van der Waals surface area contributed by atoms with Gasteiger partial charge in [0.1, 0.15) is 0 Å². The monoisotopic (exact) mass is 222 g/mol. The molecule has 3 N–H and O–H groups in total. The van der Waals surface area contributed by atoms with Gasteiger partial charge in [0.2, 0.25) is 0 Å². The van der Waals surface area contributed by atoms with Crippen LogP contribution in [0.2, 0.25) is 0 Å². The number of aliphatic hydroxyl groups is 1. The molecule has 2 rings (SSSR count). The Kier molecular flexibility index (Phi) is 2.55. The lowest BCUT2D eigenvalue weighted by Gasteiger charge is -2.19. The highest BCUT2D eigenvalue weighted by Gasteiger charge is 2.31. The van der Waals surface area contributed by atoms with Crippen LogP contribution in [0.5, 0.6) is 0 Å². The fraction of sp³-hybridized carbons (Fsp3) is 0.455. The lowest BCUT2D eigenvalue weighted by molar-refractivity contribution is 0.180. The van der Waals surface area contributed by atoms with Gasteiger partial charge in [-0.3, -0.25) is 9.78 Å². The summed E-state index contributed by atoms with van der Waals surface area (Å²) in [6.07, 6.45) is 5.94. The van der Waals surface area contributed by atoms with Crippen LogP contribution in [0.1, 0.15) is 24.8 Å². The van der Waals surface area contributed by atoms with Crippen molar-refractivity contribution >= 4 is 0 Å². The molecule has 0 amide bonds. The van der Waals surface area contributed by atoms with Gasteiger partial charge in [-0.15, -0.1) is 0 Å². The predicted molar refractivity (Wildman–Crippen MR) is 59.4 cm³/mol. The molecular formula is C11H14N2O3. The van der Waals surface area contributed by atoms with E-state index in [4.69, 9.17) is 0 Å². The standard InChI is InChI=1S/C11H14N2O3/c1-11(6-14)3-2-7(4-11)8-5-12-10(16)13-9(8)15/h2-3,5,7,14H,4,6H2,1H3,(H2,12,13,15,16)/t7-,11+/m0/s1. The van der Waals surface area contributed by atoms with Crippen molar-refractivity contribution in [2.75, 3.05) is 6.61 Å². The van der Waals surface area contributed by atoms with Gasteiger partial charge in [0, 0.05) is 23.1 Å². The van der Waals surface area contributed by atoms with Gasteiger partial charge in [0.05, 0.1) is 6.61 Å². The van der Waals surface area contributed by atoms with E-state index in [9.17, 15) is 14.7 Å². The van der Waals surface area contributed by atoms with Gasteiger partial charge in [0.15, 0.2) is 0 Å². The van der Waals surface area contributed by atoms with Gasteiger partial charge in [0.25, 0.3) is 5.56 Å². The summed E-state index contributed by atoms with van der Waals surface area (Å²) >= 11 is 0. The number of rotatable bonds is 2. The fourth-order valence-electron chi connectivity index (χ4n) is 2.01. The molecule has 2 atom stereocenters.